The van der Waals surface area contributed by atoms with Gasteiger partial charge in [0, 0.05) is 17.9 Å². The summed E-state index contributed by atoms with van der Waals surface area (Å²) in [6.07, 6.45) is 4.14. The van der Waals surface area contributed by atoms with E-state index in [1.807, 2.05) is 46.7 Å². The van der Waals surface area contributed by atoms with Crippen LogP contribution in [0.1, 0.15) is 24.6 Å². The fourth-order valence-corrected chi connectivity index (χ4v) is 4.18. The van der Waals surface area contributed by atoms with Crippen molar-refractivity contribution in [1.29, 1.82) is 0 Å². The van der Waals surface area contributed by atoms with Crippen LogP contribution in [0.4, 0.5) is 0 Å². The van der Waals surface area contributed by atoms with E-state index < -0.39 is 0 Å². The zero-order valence-corrected chi connectivity index (χ0v) is 13.0. The molecule has 1 aliphatic heterocycles. The number of benzene rings is 1. The van der Waals surface area contributed by atoms with Gasteiger partial charge in [0.15, 0.2) is 5.65 Å². The van der Waals surface area contributed by atoms with E-state index in [0.29, 0.717) is 5.92 Å². The van der Waals surface area contributed by atoms with Gasteiger partial charge in [-0.25, -0.2) is 9.97 Å². The summed E-state index contributed by atoms with van der Waals surface area (Å²) in [6, 6.07) is 11.3. The highest BCUT2D eigenvalue weighted by Gasteiger charge is 2.24. The molecule has 0 spiro atoms. The largest absolute Gasteiger partial charge is 0.506 e. The predicted octanol–water partition coefficient (Wildman–Crippen LogP) is 3.74. The minimum atomic E-state index is 0.261. The van der Waals surface area contributed by atoms with Gasteiger partial charge in [0.2, 0.25) is 0 Å². The first-order valence-electron chi connectivity index (χ1n) is 7.54. The third-order valence-electron chi connectivity index (χ3n) is 4.09. The van der Waals surface area contributed by atoms with Crippen LogP contribution in [-0.2, 0) is 0 Å². The van der Waals surface area contributed by atoms with Crippen LogP contribution in [0.25, 0.3) is 16.9 Å². The van der Waals surface area contributed by atoms with Crippen molar-refractivity contribution in [3.05, 3.63) is 48.4 Å². The minimum absolute atomic E-state index is 0.261. The number of pyridine rings is 1. The topological polar surface area (TPSA) is 50.9 Å². The van der Waals surface area contributed by atoms with E-state index in [9.17, 15) is 5.11 Å². The van der Waals surface area contributed by atoms with Crippen LogP contribution in [-0.4, -0.2) is 31.1 Å². The number of nitrogens with zero attached hydrogens (tertiary/aromatic N) is 3. The van der Waals surface area contributed by atoms with Crippen molar-refractivity contribution in [2.75, 3.05) is 11.5 Å². The van der Waals surface area contributed by atoms with Crippen molar-refractivity contribution in [2.24, 2.45) is 0 Å². The van der Waals surface area contributed by atoms with Gasteiger partial charge in [-0.2, -0.15) is 11.8 Å². The lowest BCUT2D eigenvalue weighted by atomic mass is 10.0. The molecule has 112 valence electrons. The molecule has 22 heavy (non-hydrogen) atoms. The highest BCUT2D eigenvalue weighted by atomic mass is 32.2. The molecule has 0 saturated carbocycles. The Bertz CT molecular complexity index is 809. The molecular weight excluding hydrogens is 294 g/mol. The molecule has 1 N–H and O–H groups in total. The maximum atomic E-state index is 10.3. The summed E-state index contributed by atoms with van der Waals surface area (Å²) >= 11 is 1.98. The summed E-state index contributed by atoms with van der Waals surface area (Å²) in [5.74, 6) is 4.00. The fourth-order valence-electron chi connectivity index (χ4n) is 3.04. The van der Waals surface area contributed by atoms with Crippen LogP contribution in [0.2, 0.25) is 0 Å². The Morgan fingerprint density at radius 3 is 2.91 bits per heavy atom. The number of aromatic hydroxyl groups is 1. The average molecular weight is 311 g/mol. The Hall–Kier alpha value is -2.01. The van der Waals surface area contributed by atoms with Gasteiger partial charge in [-0.1, -0.05) is 12.1 Å². The number of imidazole rings is 1. The molecule has 1 fully saturated rings. The van der Waals surface area contributed by atoms with Crippen molar-refractivity contribution >= 4 is 22.9 Å². The molecule has 5 heteroatoms. The van der Waals surface area contributed by atoms with Gasteiger partial charge < -0.3 is 5.11 Å². The molecule has 2 aromatic heterocycles. The second-order valence-electron chi connectivity index (χ2n) is 5.55. The van der Waals surface area contributed by atoms with E-state index in [1.165, 1.54) is 12.2 Å². The van der Waals surface area contributed by atoms with Crippen LogP contribution in [0.15, 0.2) is 42.6 Å². The van der Waals surface area contributed by atoms with Crippen LogP contribution >= 0.6 is 11.8 Å². The predicted molar refractivity (Wildman–Crippen MR) is 89.8 cm³/mol. The molecule has 4 nitrogen and oxygen atoms in total. The van der Waals surface area contributed by atoms with Gasteiger partial charge in [-0.05, 0) is 42.9 Å². The number of fused-ring (bicyclic) bond motifs is 1. The smallest absolute Gasteiger partial charge is 0.164 e. The Balaban J connectivity index is 1.96. The Morgan fingerprint density at radius 2 is 2.09 bits per heavy atom. The lowest BCUT2D eigenvalue weighted by Crippen LogP contribution is -2.14. The molecule has 1 aromatic carbocycles. The van der Waals surface area contributed by atoms with Crippen molar-refractivity contribution < 1.29 is 5.11 Å². The summed E-state index contributed by atoms with van der Waals surface area (Å²) in [5, 5.41) is 10.3. The molecule has 1 atom stereocenters. The molecule has 0 aliphatic carbocycles. The number of thioether (sulfide) groups is 1. The van der Waals surface area contributed by atoms with Crippen LogP contribution in [0.5, 0.6) is 5.75 Å². The fraction of sp³-hybridized carbons (Fsp3) is 0.294. The van der Waals surface area contributed by atoms with E-state index in [-0.39, 0.29) is 5.75 Å². The summed E-state index contributed by atoms with van der Waals surface area (Å²) in [7, 11) is 0. The molecular formula is C17H17N3OS. The number of rotatable bonds is 2. The minimum Gasteiger partial charge on any atom is -0.506 e. The van der Waals surface area contributed by atoms with Gasteiger partial charge in [-0.15, -0.1) is 0 Å². The summed E-state index contributed by atoms with van der Waals surface area (Å²) in [4.78, 5) is 9.33. The number of phenolic OH excluding ortho intramolecular Hbond substituents is 1. The highest BCUT2D eigenvalue weighted by Crippen LogP contribution is 2.35. The van der Waals surface area contributed by atoms with Crippen LogP contribution in [0.3, 0.4) is 0 Å². The number of hydrogen-bond donors (Lipinski definition) is 1. The maximum Gasteiger partial charge on any atom is 0.164 e. The molecule has 3 aromatic rings. The summed E-state index contributed by atoms with van der Waals surface area (Å²) in [6.45, 7) is 0. The second kappa shape index (κ2) is 5.65. The molecule has 1 aliphatic rings. The summed E-state index contributed by atoms with van der Waals surface area (Å²) < 4.78 is 2.03. The molecule has 1 saturated heterocycles. The summed E-state index contributed by atoms with van der Waals surface area (Å²) in [5.41, 5.74) is 2.46. The van der Waals surface area contributed by atoms with E-state index in [0.717, 1.165) is 34.8 Å². The Kier molecular flexibility index (Phi) is 3.50. The molecule has 3 heterocycles. The SMILES string of the molecule is Oc1ccccc1-n1c(C2CCCSC2)nc2cccnc21. The van der Waals surface area contributed by atoms with Gasteiger partial charge in [0.1, 0.15) is 17.1 Å². The highest BCUT2D eigenvalue weighted by molar-refractivity contribution is 7.99. The standard InChI is InChI=1S/C17H17N3OS/c21-15-8-2-1-7-14(15)20-16(12-5-4-10-22-11-12)19-13-6-3-9-18-17(13)20/h1-3,6-9,12,21H,4-5,10-11H2. The van der Waals surface area contributed by atoms with Gasteiger partial charge in [-0.3, -0.25) is 4.57 Å². The van der Waals surface area contributed by atoms with Crippen LogP contribution in [0, 0.1) is 0 Å². The van der Waals surface area contributed by atoms with E-state index in [2.05, 4.69) is 4.98 Å². The van der Waals surface area contributed by atoms with Crippen molar-refractivity contribution in [3.63, 3.8) is 0 Å². The number of phenols is 1. The number of hydrogen-bond acceptors (Lipinski definition) is 4. The first-order valence-corrected chi connectivity index (χ1v) is 8.69. The first-order chi connectivity index (χ1) is 10.8. The molecule has 0 radical (unpaired) electrons. The number of para-hydroxylation sites is 2. The van der Waals surface area contributed by atoms with E-state index >= 15 is 0 Å². The van der Waals surface area contributed by atoms with Crippen molar-refractivity contribution in [3.8, 4) is 11.4 Å². The molecule has 4 rings (SSSR count). The zero-order valence-electron chi connectivity index (χ0n) is 12.1. The lowest BCUT2D eigenvalue weighted by molar-refractivity contribution is 0.471. The zero-order chi connectivity index (χ0) is 14.9. The number of aromatic nitrogens is 3. The molecule has 0 amide bonds. The van der Waals surface area contributed by atoms with Crippen LogP contribution < -0.4 is 0 Å². The van der Waals surface area contributed by atoms with E-state index in [4.69, 9.17) is 4.98 Å². The Labute approximate surface area is 133 Å². The third kappa shape index (κ3) is 2.25. The molecule has 1 unspecified atom stereocenters. The van der Waals surface area contributed by atoms with Gasteiger partial charge >= 0.3 is 0 Å². The average Bonchev–Trinajstić information content (AvgIpc) is 2.95. The lowest BCUT2D eigenvalue weighted by Gasteiger charge is -2.22. The molecule has 0 bridgehead atoms. The van der Waals surface area contributed by atoms with Gasteiger partial charge in [0.05, 0.1) is 5.69 Å². The van der Waals surface area contributed by atoms with Crippen molar-refractivity contribution in [2.45, 2.75) is 18.8 Å². The van der Waals surface area contributed by atoms with E-state index in [1.54, 1.807) is 12.3 Å². The van der Waals surface area contributed by atoms with Gasteiger partial charge in [0.25, 0.3) is 0 Å². The maximum absolute atomic E-state index is 10.3. The monoisotopic (exact) mass is 311 g/mol. The normalized spacial score (nSPS) is 18.6. The van der Waals surface area contributed by atoms with Crippen molar-refractivity contribution in [1.82, 2.24) is 14.5 Å². The first kappa shape index (κ1) is 13.6. The third-order valence-corrected chi connectivity index (χ3v) is 5.31. The second-order valence-corrected chi connectivity index (χ2v) is 6.70. The quantitative estimate of drug-likeness (QED) is 0.783. The Morgan fingerprint density at radius 1 is 1.18 bits per heavy atom.